The molecule has 0 radical (unpaired) electrons. The van der Waals surface area contributed by atoms with Crippen LogP contribution in [-0.4, -0.2) is 21.5 Å². The second kappa shape index (κ2) is 5.86. The molecule has 0 bridgehead atoms. The molecule has 0 fully saturated rings. The quantitative estimate of drug-likeness (QED) is 0.567. The van der Waals surface area contributed by atoms with Crippen molar-refractivity contribution in [1.29, 1.82) is 0 Å². The van der Waals surface area contributed by atoms with E-state index < -0.39 is 4.92 Å². The van der Waals surface area contributed by atoms with Crippen molar-refractivity contribution < 1.29 is 9.72 Å². The average Bonchev–Trinajstić information content (AvgIpc) is 3.05. The van der Waals surface area contributed by atoms with Crippen molar-refractivity contribution in [2.24, 2.45) is 5.10 Å². The highest BCUT2D eigenvalue weighted by molar-refractivity contribution is 6.06. The Hall–Kier alpha value is -3.48. The van der Waals surface area contributed by atoms with Gasteiger partial charge in [0.15, 0.2) is 0 Å². The minimum Gasteiger partial charge on any atom is -0.355 e. The molecule has 2 aromatic carbocycles. The van der Waals surface area contributed by atoms with Gasteiger partial charge < -0.3 is 4.98 Å². The number of hydrogen-bond acceptors (Lipinski definition) is 4. The maximum atomic E-state index is 11.2. The summed E-state index contributed by atoms with van der Waals surface area (Å²) in [6.45, 7) is 0. The first-order valence-electron chi connectivity index (χ1n) is 7.83. The summed E-state index contributed by atoms with van der Waals surface area (Å²) in [6.07, 6.45) is 1.06. The number of benzene rings is 2. The van der Waals surface area contributed by atoms with Gasteiger partial charge in [0.25, 0.3) is 5.69 Å². The van der Waals surface area contributed by atoms with E-state index in [-0.39, 0.29) is 11.6 Å². The molecule has 0 saturated heterocycles. The largest absolute Gasteiger partial charge is 0.355 e. The highest BCUT2D eigenvalue weighted by Gasteiger charge is 2.14. The molecule has 0 atom stereocenters. The maximum Gasteiger partial charge on any atom is 0.269 e. The summed E-state index contributed by atoms with van der Waals surface area (Å²) < 4.78 is 0. The van der Waals surface area contributed by atoms with Crippen LogP contribution in [0.2, 0.25) is 0 Å². The number of nitrogens with zero attached hydrogens (tertiary/aromatic N) is 2. The van der Waals surface area contributed by atoms with Gasteiger partial charge in [0.2, 0.25) is 5.91 Å². The predicted molar refractivity (Wildman–Crippen MR) is 94.3 cm³/mol. The smallest absolute Gasteiger partial charge is 0.269 e. The number of non-ortho nitro benzene ring substituents is 1. The van der Waals surface area contributed by atoms with Crippen molar-refractivity contribution in [2.75, 3.05) is 0 Å². The Morgan fingerprint density at radius 1 is 1.00 bits per heavy atom. The van der Waals surface area contributed by atoms with Gasteiger partial charge in [-0.15, -0.1) is 0 Å². The monoisotopic (exact) mass is 334 g/mol. The van der Waals surface area contributed by atoms with Gasteiger partial charge >= 0.3 is 0 Å². The Morgan fingerprint density at radius 3 is 2.44 bits per heavy atom. The van der Waals surface area contributed by atoms with E-state index >= 15 is 0 Å². The molecular weight excluding hydrogens is 320 g/mol. The van der Waals surface area contributed by atoms with Crippen molar-refractivity contribution in [3.05, 3.63) is 64.2 Å². The number of rotatable bonds is 3. The lowest BCUT2D eigenvalue weighted by Crippen LogP contribution is -2.25. The number of hydrazone groups is 1. The lowest BCUT2D eigenvalue weighted by molar-refractivity contribution is -0.384. The van der Waals surface area contributed by atoms with Gasteiger partial charge in [-0.25, -0.2) is 5.43 Å². The topological polar surface area (TPSA) is 100 Å². The second-order valence-corrected chi connectivity index (χ2v) is 5.88. The number of aromatic nitrogens is 1. The zero-order valence-corrected chi connectivity index (χ0v) is 13.2. The molecular formula is C18H14N4O3. The SMILES string of the molecule is O=C1CCC(c2ccc3[nH]c(-c4ccc([N+](=O)[O-])cc4)cc3c2)=NN1. The number of nitro groups is 1. The van der Waals surface area contributed by atoms with E-state index in [2.05, 4.69) is 15.5 Å². The third-order valence-corrected chi connectivity index (χ3v) is 4.25. The van der Waals surface area contributed by atoms with Gasteiger partial charge in [0.1, 0.15) is 0 Å². The summed E-state index contributed by atoms with van der Waals surface area (Å²) in [7, 11) is 0. The van der Waals surface area contributed by atoms with Crippen LogP contribution in [0.4, 0.5) is 5.69 Å². The van der Waals surface area contributed by atoms with Crippen molar-refractivity contribution in [1.82, 2.24) is 10.4 Å². The molecule has 25 heavy (non-hydrogen) atoms. The normalized spacial score (nSPS) is 14.2. The Balaban J connectivity index is 1.68. The number of nitrogens with one attached hydrogen (secondary N) is 2. The summed E-state index contributed by atoms with van der Waals surface area (Å²) in [6, 6.07) is 14.4. The van der Waals surface area contributed by atoms with E-state index in [9.17, 15) is 14.9 Å². The van der Waals surface area contributed by atoms with E-state index in [1.165, 1.54) is 12.1 Å². The van der Waals surface area contributed by atoms with Crippen molar-refractivity contribution in [3.8, 4) is 11.3 Å². The number of hydrogen-bond donors (Lipinski definition) is 2. The molecule has 2 N–H and O–H groups in total. The van der Waals surface area contributed by atoms with E-state index in [0.29, 0.717) is 12.8 Å². The fourth-order valence-electron chi connectivity index (χ4n) is 2.91. The Kier molecular flexibility index (Phi) is 3.53. The fourth-order valence-corrected chi connectivity index (χ4v) is 2.91. The van der Waals surface area contributed by atoms with Crippen molar-refractivity contribution >= 4 is 28.2 Å². The van der Waals surface area contributed by atoms with E-state index in [4.69, 9.17) is 0 Å². The number of nitro benzene ring substituents is 1. The molecule has 1 aromatic heterocycles. The highest BCUT2D eigenvalue weighted by atomic mass is 16.6. The van der Waals surface area contributed by atoms with Gasteiger partial charge in [0, 0.05) is 41.6 Å². The van der Waals surface area contributed by atoms with Crippen LogP contribution in [0.5, 0.6) is 0 Å². The highest BCUT2D eigenvalue weighted by Crippen LogP contribution is 2.27. The van der Waals surface area contributed by atoms with Crippen LogP contribution in [0.3, 0.4) is 0 Å². The average molecular weight is 334 g/mol. The summed E-state index contributed by atoms with van der Waals surface area (Å²) in [5.74, 6) is -0.0630. The number of carbonyl (C=O) groups is 1. The van der Waals surface area contributed by atoms with Crippen LogP contribution in [0.15, 0.2) is 53.6 Å². The predicted octanol–water partition coefficient (Wildman–Crippen LogP) is 3.36. The summed E-state index contributed by atoms with van der Waals surface area (Å²) in [5, 5.41) is 15.9. The van der Waals surface area contributed by atoms with Crippen LogP contribution >= 0.6 is 0 Å². The zero-order valence-electron chi connectivity index (χ0n) is 13.2. The molecule has 0 aliphatic carbocycles. The first-order valence-corrected chi connectivity index (χ1v) is 7.83. The molecule has 0 unspecified atom stereocenters. The second-order valence-electron chi connectivity index (χ2n) is 5.88. The van der Waals surface area contributed by atoms with E-state index in [0.717, 1.165) is 33.4 Å². The molecule has 0 saturated carbocycles. The standard InChI is InChI=1S/C18H14N4O3/c23-18-8-7-16(20-21-18)12-3-6-15-13(9-12)10-17(19-15)11-1-4-14(5-2-11)22(24)25/h1-6,9-10,19H,7-8H2,(H,21,23). The lowest BCUT2D eigenvalue weighted by Gasteiger charge is -2.11. The molecule has 3 aromatic rings. The van der Waals surface area contributed by atoms with Gasteiger partial charge in [-0.1, -0.05) is 6.07 Å². The molecule has 0 spiro atoms. The summed E-state index contributed by atoms with van der Waals surface area (Å²) in [5.41, 5.74) is 7.15. The number of amides is 1. The summed E-state index contributed by atoms with van der Waals surface area (Å²) >= 11 is 0. The number of H-pyrrole nitrogens is 1. The minimum absolute atomic E-state index is 0.0630. The van der Waals surface area contributed by atoms with Gasteiger partial charge in [-0.05, 0) is 41.5 Å². The fraction of sp³-hybridized carbons (Fsp3) is 0.111. The van der Waals surface area contributed by atoms with Crippen molar-refractivity contribution in [3.63, 3.8) is 0 Å². The number of fused-ring (bicyclic) bond motifs is 1. The van der Waals surface area contributed by atoms with Gasteiger partial charge in [-0.2, -0.15) is 5.10 Å². The minimum atomic E-state index is -0.412. The van der Waals surface area contributed by atoms with Crippen LogP contribution in [-0.2, 0) is 4.79 Å². The lowest BCUT2D eigenvalue weighted by atomic mass is 10.0. The first kappa shape index (κ1) is 15.1. The molecule has 7 heteroatoms. The van der Waals surface area contributed by atoms with Crippen molar-refractivity contribution in [2.45, 2.75) is 12.8 Å². The van der Waals surface area contributed by atoms with Crippen LogP contribution in [0.1, 0.15) is 18.4 Å². The molecule has 7 nitrogen and oxygen atoms in total. The molecule has 2 heterocycles. The number of carbonyl (C=O) groups excluding carboxylic acids is 1. The Bertz CT molecular complexity index is 1020. The van der Waals surface area contributed by atoms with Crippen LogP contribution < -0.4 is 5.43 Å². The molecule has 4 rings (SSSR count). The summed E-state index contributed by atoms with van der Waals surface area (Å²) in [4.78, 5) is 24.9. The van der Waals surface area contributed by atoms with E-state index in [1.807, 2.05) is 24.3 Å². The maximum absolute atomic E-state index is 11.2. The molecule has 1 aliphatic heterocycles. The first-order chi connectivity index (χ1) is 12.1. The Morgan fingerprint density at radius 2 is 1.76 bits per heavy atom. The van der Waals surface area contributed by atoms with E-state index in [1.54, 1.807) is 12.1 Å². The zero-order chi connectivity index (χ0) is 17.4. The Labute approximate surface area is 142 Å². The third kappa shape index (κ3) is 2.87. The third-order valence-electron chi connectivity index (χ3n) is 4.25. The number of aromatic amines is 1. The van der Waals surface area contributed by atoms with Crippen LogP contribution in [0.25, 0.3) is 22.2 Å². The molecule has 124 valence electrons. The molecule has 1 aliphatic rings. The van der Waals surface area contributed by atoms with Crippen LogP contribution in [0, 0.1) is 10.1 Å². The van der Waals surface area contributed by atoms with Gasteiger partial charge in [0.05, 0.1) is 10.6 Å². The van der Waals surface area contributed by atoms with Gasteiger partial charge in [-0.3, -0.25) is 14.9 Å². The molecule has 1 amide bonds.